The molecule has 18 heavy (non-hydrogen) atoms. The van der Waals surface area contributed by atoms with Gasteiger partial charge >= 0.3 is 0 Å². The summed E-state index contributed by atoms with van der Waals surface area (Å²) in [5.41, 5.74) is 6.62. The van der Waals surface area contributed by atoms with Gasteiger partial charge in [-0.3, -0.25) is 9.48 Å². The number of nitrogens with zero attached hydrogens (tertiary/aromatic N) is 3. The lowest BCUT2D eigenvalue weighted by Crippen LogP contribution is -2.37. The molecule has 0 aromatic carbocycles. The molecule has 0 bridgehead atoms. The van der Waals surface area contributed by atoms with Crippen molar-refractivity contribution in [2.45, 2.75) is 26.0 Å². The van der Waals surface area contributed by atoms with Crippen LogP contribution in [0.1, 0.15) is 25.5 Å². The Balaban J connectivity index is 2.48. The Labute approximate surface area is 108 Å². The Hall–Kier alpha value is -1.40. The zero-order valence-electron chi connectivity index (χ0n) is 11.5. The summed E-state index contributed by atoms with van der Waals surface area (Å²) in [6.07, 6.45) is 3.53. The van der Waals surface area contributed by atoms with Crippen LogP contribution in [0.5, 0.6) is 0 Å². The van der Waals surface area contributed by atoms with Crippen LogP contribution in [0.4, 0.5) is 0 Å². The summed E-state index contributed by atoms with van der Waals surface area (Å²) in [5, 5.41) is 4.01. The van der Waals surface area contributed by atoms with Crippen molar-refractivity contribution in [3.8, 4) is 0 Å². The summed E-state index contributed by atoms with van der Waals surface area (Å²) >= 11 is 0. The van der Waals surface area contributed by atoms with Crippen molar-refractivity contribution in [2.24, 2.45) is 12.8 Å². The summed E-state index contributed by atoms with van der Waals surface area (Å²) in [6.45, 7) is 4.97. The molecule has 0 saturated heterocycles. The van der Waals surface area contributed by atoms with Crippen molar-refractivity contribution in [1.29, 1.82) is 0 Å². The molecule has 0 aliphatic carbocycles. The first-order valence-electron chi connectivity index (χ1n) is 6.02. The molecule has 1 heterocycles. The molecule has 0 spiro atoms. The second kappa shape index (κ2) is 6.51. The molecule has 6 nitrogen and oxygen atoms in total. The monoisotopic (exact) mass is 254 g/mol. The second-order valence-corrected chi connectivity index (χ2v) is 4.60. The summed E-state index contributed by atoms with van der Waals surface area (Å²) < 4.78 is 7.03. The van der Waals surface area contributed by atoms with Gasteiger partial charge in [-0.1, -0.05) is 0 Å². The van der Waals surface area contributed by atoms with Crippen LogP contribution in [-0.2, 0) is 16.6 Å². The molecule has 0 aliphatic heterocycles. The molecule has 2 N–H and O–H groups in total. The lowest BCUT2D eigenvalue weighted by atomic mass is 10.1. The molecule has 6 heteroatoms. The minimum absolute atomic E-state index is 0.129. The van der Waals surface area contributed by atoms with Gasteiger partial charge in [0.1, 0.15) is 6.04 Å². The molecular weight excluding hydrogens is 232 g/mol. The maximum absolute atomic E-state index is 12.0. The molecule has 1 unspecified atom stereocenters. The van der Waals surface area contributed by atoms with E-state index in [4.69, 9.17) is 10.5 Å². The van der Waals surface area contributed by atoms with Gasteiger partial charge in [0, 0.05) is 32.4 Å². The number of carbonyl (C=O) groups is 1. The fourth-order valence-corrected chi connectivity index (χ4v) is 1.52. The third kappa shape index (κ3) is 4.12. The van der Waals surface area contributed by atoms with E-state index in [1.807, 2.05) is 13.8 Å². The number of aryl methyl sites for hydroxylation is 1. The highest BCUT2D eigenvalue weighted by molar-refractivity contribution is 5.82. The van der Waals surface area contributed by atoms with Crippen LogP contribution < -0.4 is 5.73 Å². The van der Waals surface area contributed by atoms with Crippen molar-refractivity contribution < 1.29 is 9.53 Å². The van der Waals surface area contributed by atoms with Crippen molar-refractivity contribution in [3.05, 3.63) is 18.0 Å². The summed E-state index contributed by atoms with van der Waals surface area (Å²) in [5.74, 6) is -0.129. The lowest BCUT2D eigenvalue weighted by Gasteiger charge is -2.21. The first kappa shape index (κ1) is 14.7. The maximum atomic E-state index is 12.0. The first-order valence-corrected chi connectivity index (χ1v) is 6.02. The molecule has 1 atom stereocenters. The van der Waals surface area contributed by atoms with Gasteiger partial charge in [-0.05, 0) is 13.8 Å². The Morgan fingerprint density at radius 3 is 2.78 bits per heavy atom. The van der Waals surface area contributed by atoms with Crippen molar-refractivity contribution in [3.63, 3.8) is 0 Å². The standard InChI is InChI=1S/C12H22N4O2/c1-9(2)18-6-5-15(3)12(17)11(13)10-7-14-16(4)8-10/h7-9,11H,5-6,13H2,1-4H3. The van der Waals surface area contributed by atoms with E-state index in [-0.39, 0.29) is 12.0 Å². The number of carbonyl (C=O) groups excluding carboxylic acids is 1. The van der Waals surface area contributed by atoms with Gasteiger partial charge in [-0.15, -0.1) is 0 Å². The number of amides is 1. The van der Waals surface area contributed by atoms with Gasteiger partial charge in [-0.2, -0.15) is 5.10 Å². The predicted octanol–water partition coefficient (Wildman–Crippen LogP) is 0.303. The van der Waals surface area contributed by atoms with Gasteiger partial charge in [0.25, 0.3) is 0 Å². The van der Waals surface area contributed by atoms with E-state index >= 15 is 0 Å². The molecule has 0 radical (unpaired) electrons. The average Bonchev–Trinajstić information content (AvgIpc) is 2.73. The molecule has 1 aromatic rings. The number of rotatable bonds is 6. The Morgan fingerprint density at radius 2 is 2.28 bits per heavy atom. The minimum atomic E-state index is -0.664. The Kier molecular flexibility index (Phi) is 5.30. The van der Waals surface area contributed by atoms with Crippen LogP contribution in [0, 0.1) is 0 Å². The highest BCUT2D eigenvalue weighted by Crippen LogP contribution is 2.11. The summed E-state index contributed by atoms with van der Waals surface area (Å²) in [7, 11) is 3.52. The number of hydrogen-bond acceptors (Lipinski definition) is 4. The number of likely N-dealkylation sites (N-methyl/N-ethyl adjacent to an activating group) is 1. The largest absolute Gasteiger partial charge is 0.377 e. The zero-order valence-corrected chi connectivity index (χ0v) is 11.5. The van der Waals surface area contributed by atoms with E-state index in [1.165, 1.54) is 0 Å². The fraction of sp³-hybridized carbons (Fsp3) is 0.667. The van der Waals surface area contributed by atoms with Crippen LogP contribution in [0.2, 0.25) is 0 Å². The Bertz CT molecular complexity index is 389. The zero-order chi connectivity index (χ0) is 13.7. The van der Waals surface area contributed by atoms with E-state index in [1.54, 1.807) is 36.1 Å². The molecule has 0 saturated carbocycles. The smallest absolute Gasteiger partial charge is 0.244 e. The summed E-state index contributed by atoms with van der Waals surface area (Å²) in [4.78, 5) is 13.6. The Morgan fingerprint density at radius 1 is 1.61 bits per heavy atom. The highest BCUT2D eigenvalue weighted by Gasteiger charge is 2.20. The molecule has 1 amide bonds. The third-order valence-electron chi connectivity index (χ3n) is 2.60. The molecule has 1 rings (SSSR count). The topological polar surface area (TPSA) is 73.4 Å². The highest BCUT2D eigenvalue weighted by atomic mass is 16.5. The van der Waals surface area contributed by atoms with Crippen LogP contribution in [-0.4, -0.2) is 46.9 Å². The van der Waals surface area contributed by atoms with E-state index in [0.29, 0.717) is 13.2 Å². The van der Waals surface area contributed by atoms with E-state index in [2.05, 4.69) is 5.10 Å². The number of ether oxygens (including phenoxy) is 1. The average molecular weight is 254 g/mol. The lowest BCUT2D eigenvalue weighted by molar-refractivity contribution is -0.132. The van der Waals surface area contributed by atoms with Crippen LogP contribution in [0.15, 0.2) is 12.4 Å². The third-order valence-corrected chi connectivity index (χ3v) is 2.60. The molecule has 1 aromatic heterocycles. The quantitative estimate of drug-likeness (QED) is 0.792. The predicted molar refractivity (Wildman–Crippen MR) is 68.9 cm³/mol. The number of hydrogen-bond donors (Lipinski definition) is 1. The van der Waals surface area contributed by atoms with Gasteiger partial charge in [0.15, 0.2) is 0 Å². The fourth-order valence-electron chi connectivity index (χ4n) is 1.52. The first-order chi connectivity index (χ1) is 8.41. The normalized spacial score (nSPS) is 12.8. The SMILES string of the molecule is CC(C)OCCN(C)C(=O)C(N)c1cnn(C)c1. The summed E-state index contributed by atoms with van der Waals surface area (Å²) in [6, 6.07) is -0.664. The van der Waals surface area contributed by atoms with Gasteiger partial charge in [0.05, 0.1) is 18.9 Å². The van der Waals surface area contributed by atoms with E-state index in [9.17, 15) is 4.79 Å². The van der Waals surface area contributed by atoms with Gasteiger partial charge in [-0.25, -0.2) is 0 Å². The number of aromatic nitrogens is 2. The number of nitrogens with two attached hydrogens (primary N) is 1. The van der Waals surface area contributed by atoms with Gasteiger partial charge < -0.3 is 15.4 Å². The molecule has 0 fully saturated rings. The van der Waals surface area contributed by atoms with Gasteiger partial charge in [0.2, 0.25) is 5.91 Å². The van der Waals surface area contributed by atoms with Crippen molar-refractivity contribution in [2.75, 3.05) is 20.2 Å². The van der Waals surface area contributed by atoms with Crippen molar-refractivity contribution in [1.82, 2.24) is 14.7 Å². The molecule has 0 aliphatic rings. The minimum Gasteiger partial charge on any atom is -0.377 e. The maximum Gasteiger partial charge on any atom is 0.244 e. The second-order valence-electron chi connectivity index (χ2n) is 4.60. The van der Waals surface area contributed by atoms with Crippen LogP contribution >= 0.6 is 0 Å². The van der Waals surface area contributed by atoms with Crippen LogP contribution in [0.3, 0.4) is 0 Å². The molecule has 102 valence electrons. The van der Waals surface area contributed by atoms with E-state index in [0.717, 1.165) is 5.56 Å². The van der Waals surface area contributed by atoms with Crippen LogP contribution in [0.25, 0.3) is 0 Å². The van der Waals surface area contributed by atoms with Crippen molar-refractivity contribution >= 4 is 5.91 Å². The van der Waals surface area contributed by atoms with E-state index < -0.39 is 6.04 Å². The molecular formula is C12H22N4O2.